The van der Waals surface area contributed by atoms with Crippen molar-refractivity contribution in [2.75, 3.05) is 19.8 Å². The molecule has 51 heavy (non-hydrogen) atoms. The lowest BCUT2D eigenvalue weighted by Crippen LogP contribution is -2.45. The van der Waals surface area contributed by atoms with Gasteiger partial charge in [-0.25, -0.2) is 4.57 Å². The number of nitrogens with two attached hydrogens (primary N) is 1. The number of amides is 1. The summed E-state index contributed by atoms with van der Waals surface area (Å²) in [5.41, 5.74) is 5.36. The van der Waals surface area contributed by atoms with E-state index in [1.54, 1.807) is 6.08 Å². The number of hydrogen-bond acceptors (Lipinski definition) is 6. The summed E-state index contributed by atoms with van der Waals surface area (Å²) in [6.07, 6.45) is 45.8. The molecule has 9 heteroatoms. The first kappa shape index (κ1) is 49.5. The Bertz CT molecular complexity index is 938. The van der Waals surface area contributed by atoms with Gasteiger partial charge in [-0.05, 0) is 57.8 Å². The molecule has 0 bridgehead atoms. The summed E-state index contributed by atoms with van der Waals surface area (Å²) >= 11 is 0. The third kappa shape index (κ3) is 36.6. The number of carbonyl (C=O) groups is 1. The van der Waals surface area contributed by atoms with Gasteiger partial charge in [0.25, 0.3) is 0 Å². The van der Waals surface area contributed by atoms with Gasteiger partial charge in [0.15, 0.2) is 0 Å². The number of phosphoric ester groups is 1. The fourth-order valence-corrected chi connectivity index (χ4v) is 6.49. The van der Waals surface area contributed by atoms with E-state index in [1.807, 2.05) is 6.08 Å². The maximum atomic E-state index is 12.7. The first-order valence-corrected chi connectivity index (χ1v) is 22.3. The third-order valence-corrected chi connectivity index (χ3v) is 9.88. The Labute approximate surface area is 313 Å². The predicted octanol–water partition coefficient (Wildman–Crippen LogP) is 11.3. The van der Waals surface area contributed by atoms with Crippen molar-refractivity contribution in [1.82, 2.24) is 5.32 Å². The van der Waals surface area contributed by atoms with E-state index < -0.39 is 20.0 Å². The van der Waals surface area contributed by atoms with Crippen LogP contribution in [0.3, 0.4) is 0 Å². The summed E-state index contributed by atoms with van der Waals surface area (Å²) in [5.74, 6) is -0.210. The summed E-state index contributed by atoms with van der Waals surface area (Å²) in [7, 11) is -4.34. The molecular weight excluding hydrogens is 659 g/mol. The number of unbranched alkanes of at least 4 members (excludes halogenated alkanes) is 20. The van der Waals surface area contributed by atoms with Crippen LogP contribution in [0.4, 0.5) is 0 Å². The van der Waals surface area contributed by atoms with Gasteiger partial charge in [-0.1, -0.05) is 165 Å². The van der Waals surface area contributed by atoms with Crippen LogP contribution in [0.2, 0.25) is 0 Å². The van der Waals surface area contributed by atoms with Crippen LogP contribution in [-0.4, -0.2) is 47.8 Å². The molecule has 0 aromatic rings. The first-order chi connectivity index (χ1) is 24.9. The number of carbonyl (C=O) groups excluding carboxylic acids is 1. The second-order valence-electron chi connectivity index (χ2n) is 13.8. The molecule has 0 saturated heterocycles. The van der Waals surface area contributed by atoms with Crippen LogP contribution in [0.1, 0.15) is 181 Å². The van der Waals surface area contributed by atoms with Crippen LogP contribution < -0.4 is 11.1 Å². The molecule has 0 aliphatic heterocycles. The Kier molecular flexibility index (Phi) is 37.0. The Morgan fingerprint density at radius 3 is 1.57 bits per heavy atom. The molecule has 1 amide bonds. The maximum Gasteiger partial charge on any atom is 0.472 e. The highest BCUT2D eigenvalue weighted by atomic mass is 31.2. The van der Waals surface area contributed by atoms with Crippen LogP contribution in [0.25, 0.3) is 0 Å². The lowest BCUT2D eigenvalue weighted by molar-refractivity contribution is -0.123. The molecule has 0 fully saturated rings. The predicted molar refractivity (Wildman–Crippen MR) is 217 cm³/mol. The molecule has 0 aliphatic rings. The van der Waals surface area contributed by atoms with Crippen molar-refractivity contribution in [2.45, 2.75) is 193 Å². The van der Waals surface area contributed by atoms with Gasteiger partial charge in [0.1, 0.15) is 0 Å². The fraction of sp³-hybridized carbons (Fsp3) is 0.786. The van der Waals surface area contributed by atoms with Crippen molar-refractivity contribution in [3.05, 3.63) is 48.6 Å². The standard InChI is InChI=1S/C42H79N2O6P/c1-3-5-7-9-11-13-15-16-17-18-19-20-21-22-23-24-26-28-30-32-34-36-42(46)44-40(39-50-51(47,48)49-38-37-43)41(45)35-33-31-29-27-25-14-12-10-8-6-4-2/h15-16,18-19,21-22,33,35,40-41,45H,3-14,17,20,23-32,34,36-39,43H2,1-2H3,(H,44,46)(H,47,48)/b16-15-,19-18-,22-21-,35-33+. The van der Waals surface area contributed by atoms with Gasteiger partial charge in [0.05, 0.1) is 25.4 Å². The van der Waals surface area contributed by atoms with Gasteiger partial charge >= 0.3 is 7.82 Å². The fourth-order valence-electron chi connectivity index (χ4n) is 5.73. The smallest absolute Gasteiger partial charge is 0.387 e. The van der Waals surface area contributed by atoms with E-state index >= 15 is 0 Å². The number of nitrogens with one attached hydrogen (secondary N) is 1. The quantitative estimate of drug-likeness (QED) is 0.0282. The van der Waals surface area contributed by atoms with Gasteiger partial charge in [0, 0.05) is 13.0 Å². The summed E-state index contributed by atoms with van der Waals surface area (Å²) in [5, 5.41) is 13.6. The minimum absolute atomic E-state index is 0.0744. The van der Waals surface area contributed by atoms with Crippen LogP contribution in [-0.2, 0) is 18.4 Å². The molecule has 0 heterocycles. The van der Waals surface area contributed by atoms with Gasteiger partial charge < -0.3 is 21.1 Å². The van der Waals surface area contributed by atoms with Crippen molar-refractivity contribution in [2.24, 2.45) is 5.73 Å². The zero-order valence-corrected chi connectivity index (χ0v) is 33.7. The Morgan fingerprint density at radius 1 is 0.647 bits per heavy atom. The highest BCUT2D eigenvalue weighted by Gasteiger charge is 2.26. The monoisotopic (exact) mass is 739 g/mol. The molecule has 0 rings (SSSR count). The number of hydrogen-bond donors (Lipinski definition) is 4. The topological polar surface area (TPSA) is 131 Å². The molecular formula is C42H79N2O6P. The van der Waals surface area contributed by atoms with Crippen LogP contribution in [0.5, 0.6) is 0 Å². The van der Waals surface area contributed by atoms with E-state index in [2.05, 4.69) is 55.6 Å². The van der Waals surface area contributed by atoms with Gasteiger partial charge in [0.2, 0.25) is 5.91 Å². The van der Waals surface area contributed by atoms with Crippen molar-refractivity contribution in [3.63, 3.8) is 0 Å². The summed E-state index contributed by atoms with van der Waals surface area (Å²) in [4.78, 5) is 22.6. The van der Waals surface area contributed by atoms with Crippen molar-refractivity contribution >= 4 is 13.7 Å². The highest BCUT2D eigenvalue weighted by molar-refractivity contribution is 7.47. The molecule has 0 aromatic heterocycles. The number of allylic oxidation sites excluding steroid dienone is 7. The van der Waals surface area contributed by atoms with E-state index in [9.17, 15) is 19.4 Å². The van der Waals surface area contributed by atoms with Crippen LogP contribution >= 0.6 is 7.82 Å². The number of rotatable bonds is 38. The summed E-state index contributed by atoms with van der Waals surface area (Å²) in [6.45, 7) is 4.08. The first-order valence-electron chi connectivity index (χ1n) is 20.8. The molecule has 0 spiro atoms. The molecule has 5 N–H and O–H groups in total. The molecule has 0 radical (unpaired) electrons. The molecule has 0 aliphatic carbocycles. The largest absolute Gasteiger partial charge is 0.472 e. The Balaban J connectivity index is 4.22. The van der Waals surface area contributed by atoms with E-state index in [-0.39, 0.29) is 25.7 Å². The van der Waals surface area contributed by atoms with Gasteiger partial charge in [-0.15, -0.1) is 0 Å². The minimum atomic E-state index is -4.34. The Morgan fingerprint density at radius 2 is 1.08 bits per heavy atom. The lowest BCUT2D eigenvalue weighted by atomic mass is 10.1. The second kappa shape index (κ2) is 38.2. The molecule has 3 unspecified atom stereocenters. The lowest BCUT2D eigenvalue weighted by Gasteiger charge is -2.23. The van der Waals surface area contributed by atoms with E-state index in [1.165, 1.54) is 96.3 Å². The molecule has 298 valence electrons. The zero-order valence-electron chi connectivity index (χ0n) is 32.8. The zero-order chi connectivity index (χ0) is 37.5. The van der Waals surface area contributed by atoms with Crippen molar-refractivity contribution in [3.8, 4) is 0 Å². The number of phosphoric acid groups is 1. The average molecular weight is 739 g/mol. The number of aliphatic hydroxyl groups is 1. The highest BCUT2D eigenvalue weighted by Crippen LogP contribution is 2.43. The van der Waals surface area contributed by atoms with Crippen LogP contribution in [0.15, 0.2) is 48.6 Å². The normalized spacial score (nSPS) is 14.7. The molecule has 8 nitrogen and oxygen atoms in total. The van der Waals surface area contributed by atoms with Crippen molar-refractivity contribution < 1.29 is 28.4 Å². The van der Waals surface area contributed by atoms with E-state index in [0.29, 0.717) is 6.42 Å². The van der Waals surface area contributed by atoms with Crippen LogP contribution in [0, 0.1) is 0 Å². The Hall–Kier alpha value is -1.54. The summed E-state index contributed by atoms with van der Waals surface area (Å²) in [6, 6.07) is -0.867. The molecule has 3 atom stereocenters. The van der Waals surface area contributed by atoms with E-state index in [4.69, 9.17) is 14.8 Å². The maximum absolute atomic E-state index is 12.7. The SMILES string of the molecule is CCCCCCC/C=C\C/C=C\C/C=C\CCCCCCCCC(=O)NC(COP(=O)(O)OCCN)C(O)/C=C/CCCCCCCCCCC. The average Bonchev–Trinajstić information content (AvgIpc) is 3.12. The van der Waals surface area contributed by atoms with Gasteiger partial charge in [-0.2, -0.15) is 0 Å². The molecule has 0 saturated carbocycles. The molecule has 0 aromatic carbocycles. The van der Waals surface area contributed by atoms with Gasteiger partial charge in [-0.3, -0.25) is 13.8 Å². The summed E-state index contributed by atoms with van der Waals surface area (Å²) < 4.78 is 22.0. The number of aliphatic hydroxyl groups excluding tert-OH is 1. The minimum Gasteiger partial charge on any atom is -0.387 e. The third-order valence-electron chi connectivity index (χ3n) is 8.90. The second-order valence-corrected chi connectivity index (χ2v) is 15.3. The van der Waals surface area contributed by atoms with Crippen molar-refractivity contribution in [1.29, 1.82) is 0 Å². The van der Waals surface area contributed by atoms with E-state index in [0.717, 1.165) is 64.2 Å².